The standard InChI is InChI=1S/C14H21F3N4O/c1-20(10-11-3-6-21(7-4-11)8-9-22)13-18-5-2-12(19-13)14(15,16)17/h2,5,11,22H,3-4,6-10H2,1H3. The molecular weight excluding hydrogens is 297 g/mol. The second kappa shape index (κ2) is 7.23. The highest BCUT2D eigenvalue weighted by atomic mass is 19.4. The number of piperidine rings is 1. The van der Waals surface area contributed by atoms with Crippen molar-refractivity contribution in [2.45, 2.75) is 19.0 Å². The normalized spacial score (nSPS) is 17.7. The van der Waals surface area contributed by atoms with E-state index < -0.39 is 11.9 Å². The van der Waals surface area contributed by atoms with Crippen molar-refractivity contribution in [3.63, 3.8) is 0 Å². The fourth-order valence-corrected chi connectivity index (χ4v) is 2.69. The van der Waals surface area contributed by atoms with Crippen molar-refractivity contribution in [1.82, 2.24) is 14.9 Å². The van der Waals surface area contributed by atoms with Crippen LogP contribution in [0.5, 0.6) is 0 Å². The van der Waals surface area contributed by atoms with Crippen molar-refractivity contribution >= 4 is 5.95 Å². The molecule has 1 aromatic heterocycles. The van der Waals surface area contributed by atoms with Crippen molar-refractivity contribution in [3.05, 3.63) is 18.0 Å². The van der Waals surface area contributed by atoms with Crippen LogP contribution in [0.25, 0.3) is 0 Å². The maximum atomic E-state index is 12.7. The first kappa shape index (κ1) is 17.0. The molecule has 1 aliphatic rings. The Morgan fingerprint density at radius 3 is 2.64 bits per heavy atom. The van der Waals surface area contributed by atoms with E-state index in [2.05, 4.69) is 14.9 Å². The number of halogens is 3. The lowest BCUT2D eigenvalue weighted by Gasteiger charge is -2.33. The van der Waals surface area contributed by atoms with E-state index in [4.69, 9.17) is 5.11 Å². The minimum atomic E-state index is -4.45. The van der Waals surface area contributed by atoms with Gasteiger partial charge in [-0.3, -0.25) is 0 Å². The molecule has 2 heterocycles. The number of anilines is 1. The monoisotopic (exact) mass is 318 g/mol. The van der Waals surface area contributed by atoms with E-state index >= 15 is 0 Å². The molecule has 8 heteroatoms. The van der Waals surface area contributed by atoms with Crippen LogP contribution in [0.2, 0.25) is 0 Å². The lowest BCUT2D eigenvalue weighted by atomic mass is 9.96. The van der Waals surface area contributed by atoms with Crippen LogP contribution in [0.15, 0.2) is 12.3 Å². The average molecular weight is 318 g/mol. The molecule has 0 atom stereocenters. The number of aliphatic hydroxyl groups is 1. The molecule has 0 amide bonds. The molecule has 5 nitrogen and oxygen atoms in total. The Hall–Kier alpha value is -1.41. The second-order valence-corrected chi connectivity index (χ2v) is 5.63. The number of alkyl halides is 3. The Bertz CT molecular complexity index is 475. The highest BCUT2D eigenvalue weighted by molar-refractivity contribution is 5.29. The van der Waals surface area contributed by atoms with Crippen molar-refractivity contribution in [1.29, 1.82) is 0 Å². The van der Waals surface area contributed by atoms with E-state index in [-0.39, 0.29) is 12.6 Å². The van der Waals surface area contributed by atoms with E-state index in [1.807, 2.05) is 0 Å². The summed E-state index contributed by atoms with van der Waals surface area (Å²) in [6, 6.07) is 0.880. The van der Waals surface area contributed by atoms with Gasteiger partial charge in [-0.25, -0.2) is 9.97 Å². The summed E-state index contributed by atoms with van der Waals surface area (Å²) in [5.41, 5.74) is -0.915. The first-order valence-corrected chi connectivity index (χ1v) is 7.34. The summed E-state index contributed by atoms with van der Waals surface area (Å²) in [5, 5.41) is 8.91. The molecule has 2 rings (SSSR count). The topological polar surface area (TPSA) is 52.5 Å². The molecule has 0 bridgehead atoms. The maximum absolute atomic E-state index is 12.7. The third-order valence-corrected chi connectivity index (χ3v) is 3.93. The van der Waals surface area contributed by atoms with Crippen molar-refractivity contribution in [2.75, 3.05) is 44.7 Å². The van der Waals surface area contributed by atoms with Gasteiger partial charge in [-0.05, 0) is 37.9 Å². The summed E-state index contributed by atoms with van der Waals surface area (Å²) in [7, 11) is 1.72. The Morgan fingerprint density at radius 2 is 2.05 bits per heavy atom. The molecule has 0 radical (unpaired) electrons. The van der Waals surface area contributed by atoms with Crippen LogP contribution in [-0.2, 0) is 6.18 Å². The molecule has 124 valence electrons. The molecular formula is C14H21F3N4O. The van der Waals surface area contributed by atoms with Gasteiger partial charge in [0.2, 0.25) is 5.95 Å². The molecule has 1 aliphatic heterocycles. The molecule has 0 aromatic carbocycles. The Balaban J connectivity index is 1.91. The van der Waals surface area contributed by atoms with Gasteiger partial charge in [-0.2, -0.15) is 13.2 Å². The number of β-amino-alcohol motifs (C(OH)–C–C–N with tert-alkyl or cyclic N) is 1. The van der Waals surface area contributed by atoms with Gasteiger partial charge in [0.25, 0.3) is 0 Å². The number of nitrogens with zero attached hydrogens (tertiary/aromatic N) is 4. The van der Waals surface area contributed by atoms with Crippen LogP contribution < -0.4 is 4.90 Å². The average Bonchev–Trinajstić information content (AvgIpc) is 2.49. The number of hydrogen-bond acceptors (Lipinski definition) is 5. The van der Waals surface area contributed by atoms with Crippen molar-refractivity contribution in [2.24, 2.45) is 5.92 Å². The Labute approximate surface area is 127 Å². The van der Waals surface area contributed by atoms with Crippen LogP contribution in [0, 0.1) is 5.92 Å². The summed E-state index contributed by atoms with van der Waals surface area (Å²) < 4.78 is 38.0. The van der Waals surface area contributed by atoms with Crippen LogP contribution in [0.3, 0.4) is 0 Å². The SMILES string of the molecule is CN(CC1CCN(CCO)CC1)c1nccc(C(F)(F)F)n1. The number of hydrogen-bond donors (Lipinski definition) is 1. The smallest absolute Gasteiger partial charge is 0.395 e. The van der Waals surface area contributed by atoms with E-state index in [0.717, 1.165) is 38.2 Å². The fourth-order valence-electron chi connectivity index (χ4n) is 2.69. The van der Waals surface area contributed by atoms with Crippen LogP contribution in [0.4, 0.5) is 19.1 Å². The van der Waals surface area contributed by atoms with E-state index in [1.54, 1.807) is 11.9 Å². The highest BCUT2D eigenvalue weighted by Crippen LogP contribution is 2.28. The van der Waals surface area contributed by atoms with Gasteiger partial charge in [0.1, 0.15) is 5.69 Å². The van der Waals surface area contributed by atoms with Crippen molar-refractivity contribution < 1.29 is 18.3 Å². The number of rotatable bonds is 5. The van der Waals surface area contributed by atoms with Gasteiger partial charge < -0.3 is 14.9 Å². The predicted molar refractivity (Wildman–Crippen MR) is 76.6 cm³/mol. The molecule has 1 fully saturated rings. The summed E-state index contributed by atoms with van der Waals surface area (Å²) in [6.45, 7) is 3.28. The minimum Gasteiger partial charge on any atom is -0.395 e. The highest BCUT2D eigenvalue weighted by Gasteiger charge is 2.33. The summed E-state index contributed by atoms with van der Waals surface area (Å²) >= 11 is 0. The third-order valence-electron chi connectivity index (χ3n) is 3.93. The van der Waals surface area contributed by atoms with Crippen LogP contribution in [-0.4, -0.2) is 59.8 Å². The third kappa shape index (κ3) is 4.54. The van der Waals surface area contributed by atoms with E-state index in [0.29, 0.717) is 19.0 Å². The summed E-state index contributed by atoms with van der Waals surface area (Å²) in [4.78, 5) is 11.4. The zero-order chi connectivity index (χ0) is 16.2. The van der Waals surface area contributed by atoms with Gasteiger partial charge in [-0.1, -0.05) is 0 Å². The minimum absolute atomic E-state index is 0.104. The van der Waals surface area contributed by atoms with E-state index in [1.165, 1.54) is 0 Å². The molecule has 0 unspecified atom stereocenters. The largest absolute Gasteiger partial charge is 0.433 e. The van der Waals surface area contributed by atoms with Gasteiger partial charge in [0, 0.05) is 26.3 Å². The Morgan fingerprint density at radius 1 is 1.36 bits per heavy atom. The maximum Gasteiger partial charge on any atom is 0.433 e. The van der Waals surface area contributed by atoms with Crippen LogP contribution in [0.1, 0.15) is 18.5 Å². The Kier molecular flexibility index (Phi) is 5.57. The fraction of sp³-hybridized carbons (Fsp3) is 0.714. The molecule has 1 saturated heterocycles. The molecule has 0 spiro atoms. The zero-order valence-corrected chi connectivity index (χ0v) is 12.6. The lowest BCUT2D eigenvalue weighted by molar-refractivity contribution is -0.141. The summed E-state index contributed by atoms with van der Waals surface area (Å²) in [6.07, 6.45) is -1.38. The number of aromatic nitrogens is 2. The predicted octanol–water partition coefficient (Wildman–Crippen LogP) is 1.64. The number of likely N-dealkylation sites (tertiary alicyclic amines) is 1. The molecule has 0 saturated carbocycles. The summed E-state index contributed by atoms with van der Waals surface area (Å²) in [5.74, 6) is 0.505. The van der Waals surface area contributed by atoms with Gasteiger partial charge in [0.05, 0.1) is 6.61 Å². The molecule has 0 aliphatic carbocycles. The molecule has 1 aromatic rings. The number of aliphatic hydroxyl groups excluding tert-OH is 1. The first-order chi connectivity index (χ1) is 10.4. The molecule has 22 heavy (non-hydrogen) atoms. The van der Waals surface area contributed by atoms with Gasteiger partial charge in [-0.15, -0.1) is 0 Å². The van der Waals surface area contributed by atoms with Gasteiger partial charge in [0.15, 0.2) is 0 Å². The first-order valence-electron chi connectivity index (χ1n) is 7.34. The zero-order valence-electron chi connectivity index (χ0n) is 12.6. The van der Waals surface area contributed by atoms with E-state index in [9.17, 15) is 13.2 Å². The quantitative estimate of drug-likeness (QED) is 0.894. The molecule has 1 N–H and O–H groups in total. The van der Waals surface area contributed by atoms with Gasteiger partial charge >= 0.3 is 6.18 Å². The van der Waals surface area contributed by atoms with Crippen LogP contribution >= 0.6 is 0 Å². The van der Waals surface area contributed by atoms with Crippen molar-refractivity contribution in [3.8, 4) is 0 Å². The second-order valence-electron chi connectivity index (χ2n) is 5.63. The lowest BCUT2D eigenvalue weighted by Crippen LogP contribution is -2.39.